The SMILES string of the molecule is COc1nc(NC(=O)[C@@H](Cc2ccccc2)Sc2nc(N)nc3nc[nH]c23)ncc1Cl. The highest BCUT2D eigenvalue weighted by Crippen LogP contribution is 2.30. The number of methoxy groups -OCH3 is 1. The number of rotatable bonds is 7. The quantitative estimate of drug-likeness (QED) is 0.282. The molecule has 4 N–H and O–H groups in total. The number of fused-ring (bicyclic) bond motifs is 1. The average Bonchev–Trinajstić information content (AvgIpc) is 3.24. The second-order valence-corrected chi connectivity index (χ2v) is 7.92. The number of nitrogen functional groups attached to an aromatic ring is 1. The molecule has 3 heterocycles. The standard InChI is InChI=1S/C19H17ClN8O2S/c1-30-16-11(20)8-22-19(27-16)26-15(29)12(7-10-5-3-2-4-6-10)31-17-13-14(24-9-23-13)25-18(21)28-17/h2-6,8-9,12H,7H2,1H3,(H,22,26,27,29)(H3,21,23,24,25,28)/t12-/m1/s1. The van der Waals surface area contributed by atoms with Gasteiger partial charge in [0.25, 0.3) is 0 Å². The molecule has 0 saturated heterocycles. The van der Waals surface area contributed by atoms with Crippen molar-refractivity contribution >= 4 is 52.3 Å². The Morgan fingerprint density at radius 1 is 1.26 bits per heavy atom. The second kappa shape index (κ2) is 9.14. The van der Waals surface area contributed by atoms with Crippen molar-refractivity contribution in [3.8, 4) is 5.88 Å². The number of hydrogen-bond donors (Lipinski definition) is 3. The molecular weight excluding hydrogens is 440 g/mol. The third kappa shape index (κ3) is 4.84. The molecule has 158 valence electrons. The van der Waals surface area contributed by atoms with Crippen molar-refractivity contribution in [1.82, 2.24) is 29.9 Å². The maximum Gasteiger partial charge on any atom is 0.240 e. The van der Waals surface area contributed by atoms with Crippen molar-refractivity contribution in [2.24, 2.45) is 0 Å². The molecule has 0 radical (unpaired) electrons. The van der Waals surface area contributed by atoms with E-state index in [9.17, 15) is 4.79 Å². The molecule has 0 fully saturated rings. The summed E-state index contributed by atoms with van der Waals surface area (Å²) < 4.78 is 5.09. The zero-order chi connectivity index (χ0) is 21.8. The molecule has 0 aliphatic rings. The van der Waals surface area contributed by atoms with Gasteiger partial charge in [0.2, 0.25) is 23.7 Å². The fourth-order valence-electron chi connectivity index (χ4n) is 2.80. The minimum absolute atomic E-state index is 0.0757. The predicted molar refractivity (Wildman–Crippen MR) is 118 cm³/mol. The highest BCUT2D eigenvalue weighted by Gasteiger charge is 2.24. The number of anilines is 2. The Balaban J connectivity index is 1.63. The first-order valence-electron chi connectivity index (χ1n) is 9.08. The molecule has 4 rings (SSSR count). The number of aromatic nitrogens is 6. The van der Waals surface area contributed by atoms with E-state index in [2.05, 4.69) is 35.2 Å². The molecule has 1 amide bonds. The minimum Gasteiger partial charge on any atom is -0.480 e. The first-order chi connectivity index (χ1) is 15.0. The Kier molecular flexibility index (Phi) is 6.14. The number of hydrogen-bond acceptors (Lipinski definition) is 9. The lowest BCUT2D eigenvalue weighted by Gasteiger charge is -2.16. The van der Waals surface area contributed by atoms with Gasteiger partial charge in [-0.25, -0.2) is 15.0 Å². The molecule has 12 heteroatoms. The third-order valence-corrected chi connectivity index (χ3v) is 5.66. The van der Waals surface area contributed by atoms with Crippen molar-refractivity contribution in [3.05, 3.63) is 53.4 Å². The summed E-state index contributed by atoms with van der Waals surface area (Å²) in [4.78, 5) is 36.9. The van der Waals surface area contributed by atoms with E-state index in [1.54, 1.807) is 0 Å². The number of ether oxygens (including phenoxy) is 1. The van der Waals surface area contributed by atoms with Gasteiger partial charge in [-0.05, 0) is 12.0 Å². The maximum atomic E-state index is 13.2. The highest BCUT2D eigenvalue weighted by molar-refractivity contribution is 8.00. The summed E-state index contributed by atoms with van der Waals surface area (Å²) in [5, 5.41) is 2.91. The summed E-state index contributed by atoms with van der Waals surface area (Å²) in [6, 6.07) is 9.64. The van der Waals surface area contributed by atoms with Gasteiger partial charge in [0.15, 0.2) is 5.65 Å². The van der Waals surface area contributed by atoms with Gasteiger partial charge in [-0.2, -0.15) is 9.97 Å². The molecule has 3 aromatic heterocycles. The average molecular weight is 457 g/mol. The van der Waals surface area contributed by atoms with Crippen LogP contribution in [-0.2, 0) is 11.2 Å². The fourth-order valence-corrected chi connectivity index (χ4v) is 4.10. The van der Waals surface area contributed by atoms with Gasteiger partial charge >= 0.3 is 0 Å². The summed E-state index contributed by atoms with van der Waals surface area (Å²) in [5.41, 5.74) is 7.84. The summed E-state index contributed by atoms with van der Waals surface area (Å²) in [5.74, 6) is 0.00981. The monoisotopic (exact) mass is 456 g/mol. The molecule has 1 aromatic carbocycles. The van der Waals surface area contributed by atoms with Crippen LogP contribution in [-0.4, -0.2) is 48.2 Å². The second-order valence-electron chi connectivity index (χ2n) is 6.32. The van der Waals surface area contributed by atoms with Gasteiger partial charge in [0, 0.05) is 0 Å². The lowest BCUT2D eigenvalue weighted by Crippen LogP contribution is -2.28. The van der Waals surface area contributed by atoms with Crippen LogP contribution < -0.4 is 15.8 Å². The number of aromatic amines is 1. The molecule has 0 bridgehead atoms. The zero-order valence-electron chi connectivity index (χ0n) is 16.2. The first kappa shape index (κ1) is 20.8. The van der Waals surface area contributed by atoms with Crippen molar-refractivity contribution < 1.29 is 9.53 Å². The van der Waals surface area contributed by atoms with E-state index in [4.69, 9.17) is 22.1 Å². The lowest BCUT2D eigenvalue weighted by molar-refractivity contribution is -0.115. The number of imidazole rings is 1. The number of amides is 1. The van der Waals surface area contributed by atoms with Crippen molar-refractivity contribution in [3.63, 3.8) is 0 Å². The van der Waals surface area contributed by atoms with E-state index >= 15 is 0 Å². The number of halogens is 1. The van der Waals surface area contributed by atoms with E-state index in [1.165, 1.54) is 31.4 Å². The third-order valence-electron chi connectivity index (χ3n) is 4.22. The molecule has 0 saturated carbocycles. The first-order valence-corrected chi connectivity index (χ1v) is 10.3. The van der Waals surface area contributed by atoms with Crippen LogP contribution in [0.25, 0.3) is 11.2 Å². The van der Waals surface area contributed by atoms with E-state index in [0.29, 0.717) is 22.6 Å². The Morgan fingerprint density at radius 3 is 2.84 bits per heavy atom. The number of carbonyl (C=O) groups excluding carboxylic acids is 1. The summed E-state index contributed by atoms with van der Waals surface area (Å²) in [6.07, 6.45) is 3.30. The number of nitrogens with two attached hydrogens (primary N) is 1. The van der Waals surface area contributed by atoms with Gasteiger partial charge in [0.05, 0.1) is 24.9 Å². The molecule has 1 atom stereocenters. The van der Waals surface area contributed by atoms with Gasteiger partial charge in [-0.3, -0.25) is 10.1 Å². The normalized spacial score (nSPS) is 11.9. The Morgan fingerprint density at radius 2 is 2.06 bits per heavy atom. The predicted octanol–water partition coefficient (Wildman–Crippen LogP) is 2.73. The smallest absolute Gasteiger partial charge is 0.240 e. The van der Waals surface area contributed by atoms with Crippen LogP contribution in [0.3, 0.4) is 0 Å². The number of carbonyl (C=O) groups is 1. The zero-order valence-corrected chi connectivity index (χ0v) is 17.8. The molecule has 10 nitrogen and oxygen atoms in total. The number of thioether (sulfide) groups is 1. The van der Waals surface area contributed by atoms with Gasteiger partial charge in [0.1, 0.15) is 15.6 Å². The largest absolute Gasteiger partial charge is 0.480 e. The Hall–Kier alpha value is -3.44. The molecule has 0 aliphatic heterocycles. The van der Waals surface area contributed by atoms with Crippen molar-refractivity contribution in [2.45, 2.75) is 16.7 Å². The summed E-state index contributed by atoms with van der Waals surface area (Å²) in [7, 11) is 1.43. The van der Waals surface area contributed by atoms with Crippen LogP contribution in [0.2, 0.25) is 5.02 Å². The highest BCUT2D eigenvalue weighted by atomic mass is 35.5. The van der Waals surface area contributed by atoms with Crippen LogP contribution >= 0.6 is 23.4 Å². The van der Waals surface area contributed by atoms with E-state index in [0.717, 1.165) is 5.56 Å². The Labute approximate surface area is 186 Å². The van der Waals surface area contributed by atoms with Crippen LogP contribution in [0.15, 0.2) is 47.9 Å². The molecular formula is C19H17ClN8O2S. The van der Waals surface area contributed by atoms with Crippen LogP contribution in [0.1, 0.15) is 5.56 Å². The number of nitrogens with one attached hydrogen (secondary N) is 2. The number of benzene rings is 1. The topological polar surface area (TPSA) is 145 Å². The van der Waals surface area contributed by atoms with E-state index < -0.39 is 5.25 Å². The maximum absolute atomic E-state index is 13.2. The van der Waals surface area contributed by atoms with E-state index in [1.807, 2.05) is 30.3 Å². The number of H-pyrrole nitrogens is 1. The van der Waals surface area contributed by atoms with Crippen LogP contribution in [0.5, 0.6) is 5.88 Å². The number of nitrogens with zero attached hydrogens (tertiary/aromatic N) is 5. The van der Waals surface area contributed by atoms with Gasteiger partial charge < -0.3 is 15.5 Å². The van der Waals surface area contributed by atoms with Crippen molar-refractivity contribution in [2.75, 3.05) is 18.2 Å². The molecule has 0 unspecified atom stereocenters. The summed E-state index contributed by atoms with van der Waals surface area (Å²) in [6.45, 7) is 0. The van der Waals surface area contributed by atoms with Crippen LogP contribution in [0, 0.1) is 0 Å². The van der Waals surface area contributed by atoms with Crippen LogP contribution in [0.4, 0.5) is 11.9 Å². The fraction of sp³-hybridized carbons (Fsp3) is 0.158. The minimum atomic E-state index is -0.575. The molecule has 4 aromatic rings. The molecule has 31 heavy (non-hydrogen) atoms. The lowest BCUT2D eigenvalue weighted by atomic mass is 10.1. The Bertz CT molecular complexity index is 1220. The molecule has 0 aliphatic carbocycles. The summed E-state index contributed by atoms with van der Waals surface area (Å²) >= 11 is 7.21. The van der Waals surface area contributed by atoms with Gasteiger partial charge in [-0.15, -0.1) is 0 Å². The van der Waals surface area contributed by atoms with Gasteiger partial charge in [-0.1, -0.05) is 53.7 Å². The molecule has 0 spiro atoms. The van der Waals surface area contributed by atoms with Crippen molar-refractivity contribution in [1.29, 1.82) is 0 Å². The van der Waals surface area contributed by atoms with E-state index in [-0.39, 0.29) is 28.7 Å².